The third-order valence-electron chi connectivity index (χ3n) is 5.49. The molecule has 4 heteroatoms. The topological polar surface area (TPSA) is 35.6 Å². The zero-order chi connectivity index (χ0) is 13.9. The van der Waals surface area contributed by atoms with Crippen LogP contribution in [0.2, 0.25) is 0 Å². The third kappa shape index (κ3) is 3.17. The number of hydrogen-bond donors (Lipinski definition) is 1. The molecule has 0 aromatic heterocycles. The monoisotopic (exact) mass is 279 g/mol. The zero-order valence-corrected chi connectivity index (χ0v) is 12.8. The largest absolute Gasteiger partial charge is 0.339 e. The molecule has 1 unspecified atom stereocenters. The molecule has 3 rings (SSSR count). The lowest BCUT2D eigenvalue weighted by Crippen LogP contribution is -2.55. The fraction of sp³-hybridized carbons (Fsp3) is 0.938. The predicted octanol–water partition coefficient (Wildman–Crippen LogP) is 1.46. The van der Waals surface area contributed by atoms with E-state index in [1.165, 1.54) is 25.7 Å². The molecule has 1 aliphatic carbocycles. The second-order valence-corrected chi connectivity index (χ2v) is 6.92. The third-order valence-corrected chi connectivity index (χ3v) is 5.49. The number of piperazine rings is 1. The van der Waals surface area contributed by atoms with Gasteiger partial charge in [-0.3, -0.25) is 9.69 Å². The number of nitrogens with one attached hydrogen (secondary N) is 1. The molecule has 2 aliphatic heterocycles. The Hall–Kier alpha value is -0.610. The molecule has 0 aromatic rings. The van der Waals surface area contributed by atoms with Gasteiger partial charge in [0, 0.05) is 32.2 Å². The van der Waals surface area contributed by atoms with Crippen LogP contribution in [-0.4, -0.2) is 60.5 Å². The van der Waals surface area contributed by atoms with Crippen molar-refractivity contribution >= 4 is 5.91 Å². The Bertz CT molecular complexity index is 325. The molecule has 1 amide bonds. The van der Waals surface area contributed by atoms with Crippen LogP contribution in [0.4, 0.5) is 0 Å². The standard InChI is InChI=1S/C16H29N3O/c1-13-4-6-14(7-5-13)18-9-11-19(12-10-18)16(20)15-3-2-8-17-15/h13-15,17H,2-12H2,1H3. The van der Waals surface area contributed by atoms with Gasteiger partial charge in [-0.05, 0) is 51.0 Å². The summed E-state index contributed by atoms with van der Waals surface area (Å²) in [7, 11) is 0. The molecule has 0 radical (unpaired) electrons. The summed E-state index contributed by atoms with van der Waals surface area (Å²) in [6, 6.07) is 0.894. The Kier molecular flexibility index (Phi) is 4.61. The van der Waals surface area contributed by atoms with Crippen LogP contribution in [-0.2, 0) is 4.79 Å². The maximum Gasteiger partial charge on any atom is 0.239 e. The minimum atomic E-state index is 0.108. The molecule has 0 bridgehead atoms. The average Bonchev–Trinajstić information content (AvgIpc) is 3.02. The Morgan fingerprint density at radius 1 is 1.00 bits per heavy atom. The van der Waals surface area contributed by atoms with E-state index in [1.54, 1.807) is 0 Å². The SMILES string of the molecule is CC1CCC(N2CCN(C(=O)C3CCCN3)CC2)CC1. The summed E-state index contributed by atoms with van der Waals surface area (Å²) in [6.07, 6.45) is 7.67. The van der Waals surface area contributed by atoms with Gasteiger partial charge in [0.25, 0.3) is 0 Å². The van der Waals surface area contributed by atoms with Gasteiger partial charge in [0.2, 0.25) is 5.91 Å². The highest BCUT2D eigenvalue weighted by molar-refractivity contribution is 5.82. The lowest BCUT2D eigenvalue weighted by molar-refractivity contribution is -0.135. The molecular formula is C16H29N3O. The molecule has 2 saturated heterocycles. The highest BCUT2D eigenvalue weighted by Gasteiger charge is 2.31. The molecule has 114 valence electrons. The maximum absolute atomic E-state index is 12.4. The van der Waals surface area contributed by atoms with Crippen LogP contribution >= 0.6 is 0 Å². The van der Waals surface area contributed by atoms with E-state index >= 15 is 0 Å². The van der Waals surface area contributed by atoms with Crippen LogP contribution in [0.1, 0.15) is 45.4 Å². The Labute approximate surface area is 122 Å². The quantitative estimate of drug-likeness (QED) is 0.831. The Morgan fingerprint density at radius 3 is 2.30 bits per heavy atom. The number of hydrogen-bond acceptors (Lipinski definition) is 3. The lowest BCUT2D eigenvalue weighted by Gasteiger charge is -2.42. The van der Waals surface area contributed by atoms with Crippen molar-refractivity contribution in [3.05, 3.63) is 0 Å². The molecule has 0 aromatic carbocycles. The Balaban J connectivity index is 1.45. The van der Waals surface area contributed by atoms with Crippen LogP contribution in [0.25, 0.3) is 0 Å². The van der Waals surface area contributed by atoms with Crippen molar-refractivity contribution in [2.75, 3.05) is 32.7 Å². The van der Waals surface area contributed by atoms with Crippen LogP contribution in [0.15, 0.2) is 0 Å². The van der Waals surface area contributed by atoms with Crippen molar-refractivity contribution in [2.24, 2.45) is 5.92 Å². The highest BCUT2D eigenvalue weighted by atomic mass is 16.2. The van der Waals surface area contributed by atoms with Gasteiger partial charge in [-0.2, -0.15) is 0 Å². The first-order valence-corrected chi connectivity index (χ1v) is 8.50. The summed E-state index contributed by atoms with van der Waals surface area (Å²) < 4.78 is 0. The van der Waals surface area contributed by atoms with Crippen molar-refractivity contribution in [3.8, 4) is 0 Å². The molecule has 3 aliphatic rings. The van der Waals surface area contributed by atoms with Gasteiger partial charge in [0.1, 0.15) is 0 Å². The van der Waals surface area contributed by atoms with E-state index < -0.39 is 0 Å². The van der Waals surface area contributed by atoms with Crippen molar-refractivity contribution < 1.29 is 4.79 Å². The molecule has 1 N–H and O–H groups in total. The van der Waals surface area contributed by atoms with E-state index in [0.717, 1.165) is 57.5 Å². The summed E-state index contributed by atoms with van der Waals surface area (Å²) in [5.74, 6) is 1.27. The molecule has 1 atom stereocenters. The van der Waals surface area contributed by atoms with Crippen molar-refractivity contribution in [1.82, 2.24) is 15.1 Å². The number of rotatable bonds is 2. The van der Waals surface area contributed by atoms with Gasteiger partial charge >= 0.3 is 0 Å². The lowest BCUT2D eigenvalue weighted by atomic mass is 9.86. The smallest absolute Gasteiger partial charge is 0.239 e. The molecule has 3 fully saturated rings. The first kappa shape index (κ1) is 14.3. The van der Waals surface area contributed by atoms with Crippen LogP contribution in [0.3, 0.4) is 0 Å². The molecular weight excluding hydrogens is 250 g/mol. The van der Waals surface area contributed by atoms with E-state index in [4.69, 9.17) is 0 Å². The summed E-state index contributed by atoms with van der Waals surface area (Å²) in [5, 5.41) is 3.33. The minimum absolute atomic E-state index is 0.108. The van der Waals surface area contributed by atoms with Crippen LogP contribution in [0.5, 0.6) is 0 Å². The summed E-state index contributed by atoms with van der Waals surface area (Å²) >= 11 is 0. The summed E-state index contributed by atoms with van der Waals surface area (Å²) in [6.45, 7) is 7.42. The van der Waals surface area contributed by atoms with Crippen molar-refractivity contribution in [2.45, 2.75) is 57.5 Å². The van der Waals surface area contributed by atoms with E-state index in [-0.39, 0.29) is 6.04 Å². The fourth-order valence-electron chi connectivity index (χ4n) is 4.03. The molecule has 4 nitrogen and oxygen atoms in total. The maximum atomic E-state index is 12.4. The highest BCUT2D eigenvalue weighted by Crippen LogP contribution is 2.27. The van der Waals surface area contributed by atoms with Crippen molar-refractivity contribution in [1.29, 1.82) is 0 Å². The van der Waals surface area contributed by atoms with Crippen LogP contribution < -0.4 is 5.32 Å². The molecule has 0 spiro atoms. The van der Waals surface area contributed by atoms with E-state index in [1.807, 2.05) is 0 Å². The first-order valence-electron chi connectivity index (χ1n) is 8.50. The average molecular weight is 279 g/mol. The minimum Gasteiger partial charge on any atom is -0.339 e. The molecule has 20 heavy (non-hydrogen) atoms. The number of carbonyl (C=O) groups excluding carboxylic acids is 1. The van der Waals surface area contributed by atoms with Gasteiger partial charge in [-0.25, -0.2) is 0 Å². The van der Waals surface area contributed by atoms with E-state index in [0.29, 0.717) is 5.91 Å². The van der Waals surface area contributed by atoms with Gasteiger partial charge < -0.3 is 10.2 Å². The van der Waals surface area contributed by atoms with Gasteiger partial charge in [-0.15, -0.1) is 0 Å². The number of nitrogens with zero attached hydrogens (tertiary/aromatic N) is 2. The van der Waals surface area contributed by atoms with Crippen molar-refractivity contribution in [3.63, 3.8) is 0 Å². The first-order chi connectivity index (χ1) is 9.74. The molecule has 1 saturated carbocycles. The Morgan fingerprint density at radius 2 is 1.70 bits per heavy atom. The second-order valence-electron chi connectivity index (χ2n) is 6.92. The van der Waals surface area contributed by atoms with Gasteiger partial charge in [0.15, 0.2) is 0 Å². The van der Waals surface area contributed by atoms with Crippen LogP contribution in [0, 0.1) is 5.92 Å². The fourth-order valence-corrected chi connectivity index (χ4v) is 4.03. The number of amides is 1. The van der Waals surface area contributed by atoms with E-state index in [2.05, 4.69) is 22.0 Å². The number of carbonyl (C=O) groups is 1. The zero-order valence-electron chi connectivity index (χ0n) is 12.8. The molecule has 2 heterocycles. The van der Waals surface area contributed by atoms with E-state index in [9.17, 15) is 4.79 Å². The summed E-state index contributed by atoms with van der Waals surface area (Å²) in [4.78, 5) is 17.1. The second kappa shape index (κ2) is 6.44. The summed E-state index contributed by atoms with van der Waals surface area (Å²) in [5.41, 5.74) is 0. The van der Waals surface area contributed by atoms with Gasteiger partial charge in [0.05, 0.1) is 6.04 Å². The van der Waals surface area contributed by atoms with Gasteiger partial charge in [-0.1, -0.05) is 6.92 Å². The normalized spacial score (nSPS) is 36.2. The predicted molar refractivity (Wildman–Crippen MR) is 80.6 cm³/mol.